The van der Waals surface area contributed by atoms with E-state index in [0.717, 1.165) is 51.0 Å². The minimum atomic E-state index is 0.0977. The van der Waals surface area contributed by atoms with Crippen molar-refractivity contribution in [2.24, 2.45) is 11.8 Å². The molecule has 2 atom stereocenters. The highest BCUT2D eigenvalue weighted by molar-refractivity contribution is 5.79. The molecule has 0 aliphatic carbocycles. The number of piperidine rings is 2. The number of hydrogen-bond acceptors (Lipinski definition) is 5. The molecule has 4 rings (SSSR count). The lowest BCUT2D eigenvalue weighted by Crippen LogP contribution is -2.47. The van der Waals surface area contributed by atoms with Crippen molar-refractivity contribution in [1.82, 2.24) is 19.9 Å². The molecule has 2 saturated heterocycles. The van der Waals surface area contributed by atoms with Gasteiger partial charge in [0.1, 0.15) is 0 Å². The summed E-state index contributed by atoms with van der Waals surface area (Å²) in [6.45, 7) is 6.45. The average Bonchev–Trinajstić information content (AvgIpc) is 3.17. The molecule has 0 radical (unpaired) electrons. The number of carbonyl (C=O) groups excluding carboxylic acids is 1. The Balaban J connectivity index is 1.36. The van der Waals surface area contributed by atoms with Crippen molar-refractivity contribution >= 4 is 5.91 Å². The first kappa shape index (κ1) is 18.2. The van der Waals surface area contributed by atoms with Crippen molar-refractivity contribution in [3.05, 3.63) is 36.2 Å². The van der Waals surface area contributed by atoms with Crippen LogP contribution in [0.25, 0.3) is 11.4 Å². The second-order valence-corrected chi connectivity index (χ2v) is 7.98. The summed E-state index contributed by atoms with van der Waals surface area (Å²) in [6, 6.07) is 9.85. The van der Waals surface area contributed by atoms with Gasteiger partial charge in [-0.3, -0.25) is 9.69 Å². The predicted octanol–water partition coefficient (Wildman–Crippen LogP) is 3.21. The van der Waals surface area contributed by atoms with Crippen LogP contribution in [-0.2, 0) is 11.3 Å². The third-order valence-electron chi connectivity index (χ3n) is 5.68. The van der Waals surface area contributed by atoms with Crippen LogP contribution in [0.3, 0.4) is 0 Å². The minimum absolute atomic E-state index is 0.0977. The molecule has 0 saturated carbocycles. The molecule has 1 aromatic heterocycles. The van der Waals surface area contributed by atoms with Gasteiger partial charge in [0.2, 0.25) is 17.6 Å². The van der Waals surface area contributed by atoms with E-state index in [1.807, 2.05) is 30.3 Å². The summed E-state index contributed by atoms with van der Waals surface area (Å²) >= 11 is 0. The zero-order valence-electron chi connectivity index (χ0n) is 16.0. The van der Waals surface area contributed by atoms with E-state index in [0.29, 0.717) is 30.1 Å². The third-order valence-corrected chi connectivity index (χ3v) is 5.68. The molecule has 2 fully saturated rings. The number of nitrogens with zero attached hydrogens (tertiary/aromatic N) is 4. The van der Waals surface area contributed by atoms with Crippen LogP contribution in [0.1, 0.15) is 38.5 Å². The topological polar surface area (TPSA) is 62.5 Å². The van der Waals surface area contributed by atoms with Gasteiger partial charge in [0, 0.05) is 25.2 Å². The molecule has 2 unspecified atom stereocenters. The summed E-state index contributed by atoms with van der Waals surface area (Å²) in [5.41, 5.74) is 0.957. The quantitative estimate of drug-likeness (QED) is 0.829. The van der Waals surface area contributed by atoms with Gasteiger partial charge in [0.25, 0.3) is 0 Å². The highest BCUT2D eigenvalue weighted by Crippen LogP contribution is 2.24. The number of carbonyl (C=O) groups is 1. The van der Waals surface area contributed by atoms with E-state index in [1.54, 1.807) is 0 Å². The van der Waals surface area contributed by atoms with Gasteiger partial charge in [0.15, 0.2) is 0 Å². The Bertz CT molecular complexity index is 761. The molecule has 6 heteroatoms. The monoisotopic (exact) mass is 368 g/mol. The summed E-state index contributed by atoms with van der Waals surface area (Å²) in [7, 11) is 0. The number of likely N-dealkylation sites (tertiary alicyclic amines) is 2. The molecule has 1 amide bonds. The maximum absolute atomic E-state index is 12.9. The van der Waals surface area contributed by atoms with Crippen LogP contribution in [0, 0.1) is 11.8 Å². The van der Waals surface area contributed by atoms with E-state index >= 15 is 0 Å². The molecule has 2 aliphatic rings. The second-order valence-electron chi connectivity index (χ2n) is 7.98. The molecule has 0 spiro atoms. The summed E-state index contributed by atoms with van der Waals surface area (Å²) in [4.78, 5) is 21.8. The van der Waals surface area contributed by atoms with Crippen LogP contribution in [-0.4, -0.2) is 52.0 Å². The second kappa shape index (κ2) is 8.21. The number of hydrogen-bond donors (Lipinski definition) is 0. The van der Waals surface area contributed by atoms with Crippen molar-refractivity contribution in [3.63, 3.8) is 0 Å². The highest BCUT2D eigenvalue weighted by Gasteiger charge is 2.31. The average molecular weight is 368 g/mol. The lowest BCUT2D eigenvalue weighted by Gasteiger charge is -2.37. The SMILES string of the molecule is CC1CCCN(C(=O)C2CCCN(Cc3nc(-c4ccccc4)no3)C2)C1. The first-order valence-corrected chi connectivity index (χ1v) is 10.1. The Kier molecular flexibility index (Phi) is 5.53. The Morgan fingerprint density at radius 3 is 2.78 bits per heavy atom. The van der Waals surface area contributed by atoms with Gasteiger partial charge in [-0.2, -0.15) is 4.98 Å². The van der Waals surface area contributed by atoms with Crippen molar-refractivity contribution in [2.75, 3.05) is 26.2 Å². The Hall–Kier alpha value is -2.21. The standard InChI is InChI=1S/C21H28N4O2/c1-16-7-5-12-25(13-16)21(26)18-10-6-11-24(14-18)15-19-22-20(23-27-19)17-8-3-2-4-9-17/h2-4,8-9,16,18H,5-7,10-15H2,1H3. The molecule has 0 bridgehead atoms. The molecule has 0 N–H and O–H groups in total. The van der Waals surface area contributed by atoms with Crippen LogP contribution >= 0.6 is 0 Å². The smallest absolute Gasteiger partial charge is 0.241 e. The summed E-state index contributed by atoms with van der Waals surface area (Å²) < 4.78 is 5.45. The maximum atomic E-state index is 12.9. The van der Waals surface area contributed by atoms with Crippen LogP contribution in [0.15, 0.2) is 34.9 Å². The van der Waals surface area contributed by atoms with Crippen LogP contribution in [0.5, 0.6) is 0 Å². The fraction of sp³-hybridized carbons (Fsp3) is 0.571. The molecule has 144 valence electrons. The van der Waals surface area contributed by atoms with Gasteiger partial charge in [-0.15, -0.1) is 0 Å². The zero-order chi connectivity index (χ0) is 18.6. The van der Waals surface area contributed by atoms with Crippen molar-refractivity contribution in [3.8, 4) is 11.4 Å². The van der Waals surface area contributed by atoms with Gasteiger partial charge >= 0.3 is 0 Å². The van der Waals surface area contributed by atoms with Gasteiger partial charge in [-0.25, -0.2) is 0 Å². The van der Waals surface area contributed by atoms with Crippen LogP contribution in [0.2, 0.25) is 0 Å². The van der Waals surface area contributed by atoms with Crippen molar-refractivity contribution < 1.29 is 9.32 Å². The molecule has 1 aromatic carbocycles. The largest absolute Gasteiger partial charge is 0.342 e. The Morgan fingerprint density at radius 2 is 1.96 bits per heavy atom. The van der Waals surface area contributed by atoms with Gasteiger partial charge in [-0.1, -0.05) is 42.4 Å². The van der Waals surface area contributed by atoms with Gasteiger partial charge in [0.05, 0.1) is 12.5 Å². The van der Waals surface area contributed by atoms with E-state index in [-0.39, 0.29) is 5.92 Å². The van der Waals surface area contributed by atoms with E-state index in [2.05, 4.69) is 26.9 Å². The maximum Gasteiger partial charge on any atom is 0.241 e. The number of rotatable bonds is 4. The van der Waals surface area contributed by atoms with Gasteiger partial charge in [-0.05, 0) is 38.1 Å². The molecule has 3 heterocycles. The normalized spacial score (nSPS) is 24.1. The van der Waals surface area contributed by atoms with E-state index in [4.69, 9.17) is 4.52 Å². The Morgan fingerprint density at radius 1 is 1.15 bits per heavy atom. The molecular weight excluding hydrogens is 340 g/mol. The van der Waals surface area contributed by atoms with Crippen molar-refractivity contribution in [2.45, 2.75) is 39.2 Å². The summed E-state index contributed by atoms with van der Waals surface area (Å²) in [6.07, 6.45) is 4.40. The minimum Gasteiger partial charge on any atom is -0.342 e. The highest BCUT2D eigenvalue weighted by atomic mass is 16.5. The Labute approximate surface area is 160 Å². The number of benzene rings is 1. The first-order chi connectivity index (χ1) is 13.2. The predicted molar refractivity (Wildman–Crippen MR) is 103 cm³/mol. The van der Waals surface area contributed by atoms with E-state index in [9.17, 15) is 4.79 Å². The van der Waals surface area contributed by atoms with E-state index in [1.165, 1.54) is 6.42 Å². The molecular formula is C21H28N4O2. The first-order valence-electron chi connectivity index (χ1n) is 10.1. The molecule has 2 aromatic rings. The summed E-state index contributed by atoms with van der Waals surface area (Å²) in [5, 5.41) is 4.10. The summed E-state index contributed by atoms with van der Waals surface area (Å²) in [5.74, 6) is 2.30. The fourth-order valence-electron chi connectivity index (χ4n) is 4.26. The molecule has 27 heavy (non-hydrogen) atoms. The zero-order valence-corrected chi connectivity index (χ0v) is 16.0. The van der Waals surface area contributed by atoms with Gasteiger partial charge < -0.3 is 9.42 Å². The van der Waals surface area contributed by atoms with E-state index < -0.39 is 0 Å². The fourth-order valence-corrected chi connectivity index (χ4v) is 4.26. The van der Waals surface area contributed by atoms with Crippen molar-refractivity contribution in [1.29, 1.82) is 0 Å². The lowest BCUT2D eigenvalue weighted by atomic mass is 9.93. The third kappa shape index (κ3) is 4.38. The molecule has 2 aliphatic heterocycles. The number of amides is 1. The molecule has 6 nitrogen and oxygen atoms in total. The van der Waals surface area contributed by atoms with Crippen LogP contribution in [0.4, 0.5) is 0 Å². The van der Waals surface area contributed by atoms with Crippen LogP contribution < -0.4 is 0 Å². The lowest BCUT2D eigenvalue weighted by molar-refractivity contribution is -0.139. The number of aromatic nitrogens is 2.